The minimum Gasteiger partial charge on any atom is -0.497 e. The van der Waals surface area contributed by atoms with E-state index < -0.39 is 47.0 Å². The van der Waals surface area contributed by atoms with E-state index in [1.54, 1.807) is 48.5 Å². The molecule has 0 amide bonds. The van der Waals surface area contributed by atoms with Crippen molar-refractivity contribution in [1.82, 2.24) is 4.98 Å². The molecule has 0 bridgehead atoms. The lowest BCUT2D eigenvalue weighted by Crippen LogP contribution is -2.38. The average molecular weight is 828 g/mol. The first-order chi connectivity index (χ1) is 29.3. The summed E-state index contributed by atoms with van der Waals surface area (Å²) in [6.07, 6.45) is 0. The number of carbonyl (C=O) groups is 1. The highest BCUT2D eigenvalue weighted by Crippen LogP contribution is 2.41. The van der Waals surface area contributed by atoms with E-state index in [-0.39, 0.29) is 24.5 Å². The zero-order valence-corrected chi connectivity index (χ0v) is 33.3. The summed E-state index contributed by atoms with van der Waals surface area (Å²) in [4.78, 5) is 22.6. The second-order valence-corrected chi connectivity index (χ2v) is 14.2. The Morgan fingerprint density at radius 2 is 1.18 bits per heavy atom. The van der Waals surface area contributed by atoms with E-state index in [9.17, 15) is 9.90 Å². The Labute approximate surface area is 349 Å². The number of nitrogens with one attached hydrogen (secondary N) is 1. The molecule has 2 N–H and O–H groups in total. The molecule has 7 aromatic rings. The van der Waals surface area contributed by atoms with E-state index in [4.69, 9.17) is 23.8 Å². The SMILES string of the molecule is COc1ccc(COc2c(F)cc(CO/N=C(\C(=O)O)c3csc(NC(c4ccccc4)(c4ccccc4)c4ccccc4)n3)c(F)c2OCc2ccc(OC)cc2)cc1. The number of aliphatic carboxylic acids is 1. The standard InChI is InChI=1S/C47H39F2N3O7S/c1-55-37-22-18-31(19-23-37)27-57-43-39(48)26-33(41(49)44(43)58-28-32-20-24-38(56-2)25-21-32)29-59-52-42(45(53)54)40-30-60-46(50-40)51-47(34-12-6-3-7-13-34,35-14-8-4-9-15-35)36-16-10-5-11-17-36/h3-26,30H,27-29H2,1-2H3,(H,50,51)(H,53,54)/b52-42-. The second-order valence-electron chi connectivity index (χ2n) is 13.3. The van der Waals surface area contributed by atoms with Gasteiger partial charge in [0.1, 0.15) is 42.6 Å². The fourth-order valence-corrected chi connectivity index (χ4v) is 7.25. The lowest BCUT2D eigenvalue weighted by Gasteiger charge is -2.36. The molecule has 0 fully saturated rings. The van der Waals surface area contributed by atoms with Gasteiger partial charge < -0.3 is 34.2 Å². The third-order valence-corrected chi connectivity index (χ3v) is 10.3. The van der Waals surface area contributed by atoms with Crippen LogP contribution in [0.3, 0.4) is 0 Å². The number of anilines is 1. The maximum Gasteiger partial charge on any atom is 0.360 e. The molecule has 0 spiro atoms. The summed E-state index contributed by atoms with van der Waals surface area (Å²) in [5, 5.41) is 19.6. The van der Waals surface area contributed by atoms with Crippen molar-refractivity contribution in [3.05, 3.63) is 202 Å². The first kappa shape index (κ1) is 40.9. The Morgan fingerprint density at radius 3 is 1.65 bits per heavy atom. The lowest BCUT2D eigenvalue weighted by molar-refractivity contribution is -0.129. The van der Waals surface area contributed by atoms with Crippen LogP contribution in [-0.2, 0) is 35.0 Å². The molecule has 6 aromatic carbocycles. The highest BCUT2D eigenvalue weighted by Gasteiger charge is 2.37. The van der Waals surface area contributed by atoms with Crippen molar-refractivity contribution in [3.8, 4) is 23.0 Å². The van der Waals surface area contributed by atoms with E-state index in [0.29, 0.717) is 27.8 Å². The summed E-state index contributed by atoms with van der Waals surface area (Å²) < 4.78 is 54.1. The van der Waals surface area contributed by atoms with Crippen molar-refractivity contribution in [3.63, 3.8) is 0 Å². The van der Waals surface area contributed by atoms with Crippen molar-refractivity contribution >= 4 is 28.1 Å². The summed E-state index contributed by atoms with van der Waals surface area (Å²) in [7, 11) is 3.07. The van der Waals surface area contributed by atoms with Crippen LogP contribution in [0.2, 0.25) is 0 Å². The molecule has 7 rings (SSSR count). The van der Waals surface area contributed by atoms with E-state index in [1.165, 1.54) is 30.9 Å². The molecule has 0 saturated carbocycles. The van der Waals surface area contributed by atoms with Crippen LogP contribution in [0.4, 0.5) is 13.9 Å². The molecule has 0 atom stereocenters. The van der Waals surface area contributed by atoms with Crippen molar-refractivity contribution in [2.24, 2.45) is 5.16 Å². The van der Waals surface area contributed by atoms with Gasteiger partial charge in [-0.05, 0) is 58.1 Å². The van der Waals surface area contributed by atoms with Crippen LogP contribution >= 0.6 is 11.3 Å². The van der Waals surface area contributed by atoms with Crippen LogP contribution in [0.5, 0.6) is 23.0 Å². The van der Waals surface area contributed by atoms with Crippen molar-refractivity contribution < 1.29 is 42.5 Å². The van der Waals surface area contributed by atoms with Gasteiger partial charge in [-0.3, -0.25) is 0 Å². The Balaban J connectivity index is 1.15. The maximum atomic E-state index is 16.3. The average Bonchev–Trinajstić information content (AvgIpc) is 3.75. The van der Waals surface area contributed by atoms with Gasteiger partial charge in [0.25, 0.3) is 0 Å². The minimum atomic E-state index is -1.44. The molecule has 10 nitrogen and oxygen atoms in total. The molecule has 0 unspecified atom stereocenters. The zero-order chi connectivity index (χ0) is 41.9. The van der Waals surface area contributed by atoms with Gasteiger partial charge in [0.2, 0.25) is 17.2 Å². The van der Waals surface area contributed by atoms with Crippen molar-refractivity contribution in [2.45, 2.75) is 25.4 Å². The summed E-state index contributed by atoms with van der Waals surface area (Å²) >= 11 is 1.18. The topological polar surface area (TPSA) is 121 Å². The number of aromatic nitrogens is 1. The van der Waals surface area contributed by atoms with E-state index in [2.05, 4.69) is 15.5 Å². The van der Waals surface area contributed by atoms with Gasteiger partial charge >= 0.3 is 5.97 Å². The largest absolute Gasteiger partial charge is 0.497 e. The third-order valence-electron chi connectivity index (χ3n) is 9.53. The number of ether oxygens (including phenoxy) is 4. The fraction of sp³-hybridized carbons (Fsp3) is 0.128. The fourth-order valence-electron chi connectivity index (χ4n) is 6.50. The number of hydrogen-bond acceptors (Lipinski definition) is 10. The summed E-state index contributed by atoms with van der Waals surface area (Å²) in [6, 6.07) is 44.3. The predicted molar refractivity (Wildman–Crippen MR) is 225 cm³/mol. The number of carboxylic acid groups (broad SMARTS) is 1. The van der Waals surface area contributed by atoms with Gasteiger partial charge in [-0.25, -0.2) is 18.6 Å². The highest BCUT2D eigenvalue weighted by molar-refractivity contribution is 7.14. The Bertz CT molecular complexity index is 2440. The van der Waals surface area contributed by atoms with Crippen molar-refractivity contribution in [2.75, 3.05) is 19.5 Å². The first-order valence-electron chi connectivity index (χ1n) is 18.6. The molecule has 0 aliphatic rings. The lowest BCUT2D eigenvalue weighted by atomic mass is 9.77. The molecule has 1 heterocycles. The van der Waals surface area contributed by atoms with Gasteiger partial charge in [-0.15, -0.1) is 11.3 Å². The Morgan fingerprint density at radius 1 is 0.700 bits per heavy atom. The molecule has 1 aromatic heterocycles. The number of methoxy groups -OCH3 is 2. The number of nitrogens with zero attached hydrogens (tertiary/aromatic N) is 2. The Kier molecular flexibility index (Phi) is 13.0. The molecule has 0 aliphatic heterocycles. The summed E-state index contributed by atoms with van der Waals surface area (Å²) in [6.45, 7) is -0.883. The number of hydrogen-bond donors (Lipinski definition) is 2. The monoisotopic (exact) mass is 827 g/mol. The number of thiazole rings is 1. The van der Waals surface area contributed by atoms with Gasteiger partial charge in [0.15, 0.2) is 16.8 Å². The predicted octanol–water partition coefficient (Wildman–Crippen LogP) is 10.0. The van der Waals surface area contributed by atoms with Crippen LogP contribution in [0.1, 0.15) is 39.1 Å². The number of benzene rings is 6. The van der Waals surface area contributed by atoms with Gasteiger partial charge in [-0.2, -0.15) is 0 Å². The van der Waals surface area contributed by atoms with Crippen LogP contribution in [-0.4, -0.2) is 36.0 Å². The van der Waals surface area contributed by atoms with Crippen LogP contribution in [0.15, 0.2) is 156 Å². The van der Waals surface area contributed by atoms with Crippen LogP contribution in [0, 0.1) is 11.6 Å². The minimum absolute atomic E-state index is 0.00414. The number of oxime groups is 1. The molecule has 0 radical (unpaired) electrons. The molecule has 0 aliphatic carbocycles. The first-order valence-corrected chi connectivity index (χ1v) is 19.5. The highest BCUT2D eigenvalue weighted by atomic mass is 32.1. The van der Waals surface area contributed by atoms with Gasteiger partial charge in [0.05, 0.1) is 14.2 Å². The summed E-state index contributed by atoms with van der Waals surface area (Å²) in [5.41, 5.74) is 2.34. The molecule has 0 saturated heterocycles. The number of carboxylic acids is 1. The zero-order valence-electron chi connectivity index (χ0n) is 32.5. The summed E-state index contributed by atoms with van der Waals surface area (Å²) in [5.74, 6) is -3.04. The quantitative estimate of drug-likeness (QED) is 0.0495. The van der Waals surface area contributed by atoms with E-state index >= 15 is 8.78 Å². The molecule has 13 heteroatoms. The molecular weight excluding hydrogens is 789 g/mol. The van der Waals surface area contributed by atoms with Crippen LogP contribution < -0.4 is 24.3 Å². The van der Waals surface area contributed by atoms with Gasteiger partial charge in [0, 0.05) is 10.9 Å². The maximum absolute atomic E-state index is 16.3. The number of rotatable bonds is 18. The Hall–Kier alpha value is -7.25. The molecule has 304 valence electrons. The smallest absolute Gasteiger partial charge is 0.360 e. The van der Waals surface area contributed by atoms with Crippen LogP contribution in [0.25, 0.3) is 0 Å². The second kappa shape index (κ2) is 19.0. The van der Waals surface area contributed by atoms with E-state index in [0.717, 1.165) is 22.8 Å². The van der Waals surface area contributed by atoms with Crippen molar-refractivity contribution in [1.29, 1.82) is 0 Å². The van der Waals surface area contributed by atoms with Gasteiger partial charge in [-0.1, -0.05) is 120 Å². The number of halogens is 2. The molecular formula is C47H39F2N3O7S. The third kappa shape index (κ3) is 9.22. The van der Waals surface area contributed by atoms with E-state index in [1.807, 2.05) is 91.0 Å². The molecule has 60 heavy (non-hydrogen) atoms. The normalized spacial score (nSPS) is 11.4.